The van der Waals surface area contributed by atoms with Gasteiger partial charge in [-0.3, -0.25) is 10.1 Å². The van der Waals surface area contributed by atoms with Gasteiger partial charge in [0, 0.05) is 0 Å². The Labute approximate surface area is 70.9 Å². The van der Waals surface area contributed by atoms with Crippen LogP contribution in [0.1, 0.15) is 12.0 Å². The summed E-state index contributed by atoms with van der Waals surface area (Å²) in [5.74, 6) is -0.906. The van der Waals surface area contributed by atoms with Crippen molar-refractivity contribution in [1.29, 1.82) is 0 Å². The molecule has 0 bridgehead atoms. The fourth-order valence-corrected chi connectivity index (χ4v) is 0.859. The monoisotopic (exact) mass is 191 g/mol. The lowest BCUT2D eigenvalue weighted by Gasteiger charge is -2.00. The average Bonchev–Trinajstić information content (AvgIpc) is 2.03. The van der Waals surface area contributed by atoms with Gasteiger partial charge in [0.15, 0.2) is 0 Å². The van der Waals surface area contributed by atoms with E-state index in [-0.39, 0.29) is 0 Å². The lowest BCUT2D eigenvalue weighted by atomic mass is 10.2. The summed E-state index contributed by atoms with van der Waals surface area (Å²) in [6.07, 6.45) is -2.97. The van der Waals surface area contributed by atoms with Crippen LogP contribution < -0.4 is 0 Å². The van der Waals surface area contributed by atoms with Crippen LogP contribution in [0.15, 0.2) is 18.2 Å². The molecule has 6 heteroatoms. The minimum Gasteiger partial charge on any atom is -0.258 e. The van der Waals surface area contributed by atoms with E-state index in [9.17, 15) is 23.3 Å². The van der Waals surface area contributed by atoms with Crippen LogP contribution in [0, 0.1) is 15.9 Å². The number of benzene rings is 1. The van der Waals surface area contributed by atoms with Crippen LogP contribution in [-0.2, 0) is 0 Å². The maximum atomic E-state index is 12.4. The van der Waals surface area contributed by atoms with Crippen molar-refractivity contribution < 1.29 is 18.1 Å². The van der Waals surface area contributed by atoms with Crippen molar-refractivity contribution in [2.75, 3.05) is 0 Å². The molecule has 0 atom stereocenters. The smallest absolute Gasteiger partial charge is 0.258 e. The van der Waals surface area contributed by atoms with Crippen LogP contribution in [0.5, 0.6) is 0 Å². The van der Waals surface area contributed by atoms with Crippen molar-refractivity contribution in [2.24, 2.45) is 0 Å². The van der Waals surface area contributed by atoms with Gasteiger partial charge in [0.25, 0.3) is 12.1 Å². The Morgan fingerprint density at radius 1 is 1.38 bits per heavy atom. The van der Waals surface area contributed by atoms with E-state index in [0.29, 0.717) is 12.1 Å². The molecule has 0 spiro atoms. The predicted octanol–water partition coefficient (Wildman–Crippen LogP) is 2.67. The van der Waals surface area contributed by atoms with Gasteiger partial charge in [0.1, 0.15) is 5.82 Å². The highest BCUT2D eigenvalue weighted by molar-refractivity contribution is 5.41. The van der Waals surface area contributed by atoms with Crippen LogP contribution >= 0.6 is 0 Å². The summed E-state index contributed by atoms with van der Waals surface area (Å²) in [5, 5.41) is 10.2. The van der Waals surface area contributed by atoms with E-state index in [0.717, 1.165) is 6.07 Å². The van der Waals surface area contributed by atoms with Gasteiger partial charge in [-0.2, -0.15) is 0 Å². The molecule has 0 saturated heterocycles. The number of hydrogen-bond donors (Lipinski definition) is 0. The van der Waals surface area contributed by atoms with E-state index in [1.54, 1.807) is 0 Å². The summed E-state index contributed by atoms with van der Waals surface area (Å²) >= 11 is 0. The summed E-state index contributed by atoms with van der Waals surface area (Å²) in [6, 6.07) is 1.94. The molecule has 0 aliphatic carbocycles. The van der Waals surface area contributed by atoms with E-state index in [1.807, 2.05) is 0 Å². The molecule has 0 unspecified atom stereocenters. The van der Waals surface area contributed by atoms with Gasteiger partial charge in [0.2, 0.25) is 0 Å². The standard InChI is InChI=1S/C7H4F3NO2/c8-4-1-2-5(7(9)10)6(3-4)11(12)13/h1-3,7H. The molecule has 0 saturated carbocycles. The summed E-state index contributed by atoms with van der Waals surface area (Å²) in [4.78, 5) is 9.15. The second kappa shape index (κ2) is 3.42. The van der Waals surface area contributed by atoms with E-state index >= 15 is 0 Å². The molecule has 0 fully saturated rings. The van der Waals surface area contributed by atoms with Crippen LogP contribution in [0.2, 0.25) is 0 Å². The first-order valence-corrected chi connectivity index (χ1v) is 3.24. The summed E-state index contributed by atoms with van der Waals surface area (Å²) in [7, 11) is 0. The number of hydrogen-bond acceptors (Lipinski definition) is 2. The molecule has 0 radical (unpaired) electrons. The maximum Gasteiger partial charge on any atom is 0.281 e. The molecular formula is C7H4F3NO2. The Morgan fingerprint density at radius 2 is 2.00 bits per heavy atom. The number of nitrogens with zero attached hydrogens (tertiary/aromatic N) is 1. The van der Waals surface area contributed by atoms with E-state index < -0.39 is 28.4 Å². The zero-order valence-electron chi connectivity index (χ0n) is 6.21. The fourth-order valence-electron chi connectivity index (χ4n) is 0.859. The Bertz CT molecular complexity index is 341. The van der Waals surface area contributed by atoms with Gasteiger partial charge >= 0.3 is 0 Å². The lowest BCUT2D eigenvalue weighted by Crippen LogP contribution is -1.96. The van der Waals surface area contributed by atoms with Gasteiger partial charge in [-0.15, -0.1) is 0 Å². The molecule has 0 aromatic heterocycles. The van der Waals surface area contributed by atoms with Crippen molar-refractivity contribution in [2.45, 2.75) is 6.43 Å². The van der Waals surface area contributed by atoms with Crippen molar-refractivity contribution in [3.8, 4) is 0 Å². The zero-order valence-corrected chi connectivity index (χ0v) is 6.21. The van der Waals surface area contributed by atoms with E-state index in [4.69, 9.17) is 0 Å². The first-order chi connectivity index (χ1) is 6.02. The molecule has 70 valence electrons. The SMILES string of the molecule is O=[N+]([O-])c1cc(F)ccc1C(F)F. The molecule has 0 aliphatic rings. The first kappa shape index (κ1) is 9.50. The number of nitro benzene ring substituents is 1. The van der Waals surface area contributed by atoms with Crippen LogP contribution in [0.3, 0.4) is 0 Å². The molecular weight excluding hydrogens is 187 g/mol. The van der Waals surface area contributed by atoms with Crippen LogP contribution in [0.4, 0.5) is 18.9 Å². The fraction of sp³-hybridized carbons (Fsp3) is 0.143. The highest BCUT2D eigenvalue weighted by Gasteiger charge is 2.21. The van der Waals surface area contributed by atoms with Gasteiger partial charge in [-0.05, 0) is 12.1 Å². The topological polar surface area (TPSA) is 43.1 Å². The Kier molecular flexibility index (Phi) is 2.50. The molecule has 0 N–H and O–H groups in total. The number of halogens is 3. The summed E-state index contributed by atoms with van der Waals surface area (Å²) < 4.78 is 36.6. The minimum absolute atomic E-state index is 0.474. The van der Waals surface area contributed by atoms with Crippen molar-refractivity contribution in [1.82, 2.24) is 0 Å². The molecule has 1 aromatic carbocycles. The van der Waals surface area contributed by atoms with E-state index in [1.165, 1.54) is 0 Å². The third-order valence-corrected chi connectivity index (χ3v) is 1.42. The zero-order chi connectivity index (χ0) is 10.0. The molecule has 3 nitrogen and oxygen atoms in total. The molecule has 13 heavy (non-hydrogen) atoms. The Morgan fingerprint density at radius 3 is 2.46 bits per heavy atom. The van der Waals surface area contributed by atoms with E-state index in [2.05, 4.69) is 0 Å². The number of rotatable bonds is 2. The Hall–Kier alpha value is -1.59. The first-order valence-electron chi connectivity index (χ1n) is 3.24. The molecule has 1 aromatic rings. The van der Waals surface area contributed by atoms with Gasteiger partial charge in [-0.25, -0.2) is 13.2 Å². The predicted molar refractivity (Wildman–Crippen MR) is 38.0 cm³/mol. The highest BCUT2D eigenvalue weighted by Crippen LogP contribution is 2.28. The van der Waals surface area contributed by atoms with Gasteiger partial charge in [-0.1, -0.05) is 0 Å². The van der Waals surface area contributed by atoms with Crippen molar-refractivity contribution in [3.63, 3.8) is 0 Å². The van der Waals surface area contributed by atoms with Crippen LogP contribution in [0.25, 0.3) is 0 Å². The van der Waals surface area contributed by atoms with Gasteiger partial charge in [0.05, 0.1) is 16.6 Å². The summed E-state index contributed by atoms with van der Waals surface area (Å²) in [5.41, 5.74) is -1.67. The normalized spacial score (nSPS) is 10.5. The lowest BCUT2D eigenvalue weighted by molar-refractivity contribution is -0.386. The molecule has 0 amide bonds. The van der Waals surface area contributed by atoms with Crippen molar-refractivity contribution in [3.05, 3.63) is 39.7 Å². The van der Waals surface area contributed by atoms with Crippen LogP contribution in [-0.4, -0.2) is 4.92 Å². The molecule has 0 aliphatic heterocycles. The van der Waals surface area contributed by atoms with Crippen molar-refractivity contribution >= 4 is 5.69 Å². The second-order valence-corrected chi connectivity index (χ2v) is 2.26. The average molecular weight is 191 g/mol. The molecule has 1 rings (SSSR count). The molecule has 0 heterocycles. The second-order valence-electron chi connectivity index (χ2n) is 2.26. The van der Waals surface area contributed by atoms with Gasteiger partial charge < -0.3 is 0 Å². The minimum atomic E-state index is -2.97. The summed E-state index contributed by atoms with van der Waals surface area (Å²) in [6.45, 7) is 0. The Balaban J connectivity index is 3.27. The number of alkyl halides is 2. The third kappa shape index (κ3) is 1.95. The highest BCUT2D eigenvalue weighted by atomic mass is 19.3. The third-order valence-electron chi connectivity index (χ3n) is 1.42. The maximum absolute atomic E-state index is 12.4. The number of nitro groups is 1. The quantitative estimate of drug-likeness (QED) is 0.532. The largest absolute Gasteiger partial charge is 0.281 e.